The third-order valence-corrected chi connectivity index (χ3v) is 3.23. The Morgan fingerprint density at radius 1 is 1.60 bits per heavy atom. The van der Waals surface area contributed by atoms with Gasteiger partial charge < -0.3 is 9.64 Å². The number of amides is 1. The zero-order valence-electron chi connectivity index (χ0n) is 10.9. The van der Waals surface area contributed by atoms with Gasteiger partial charge in [0.1, 0.15) is 12.4 Å². The van der Waals surface area contributed by atoms with Gasteiger partial charge in [-0.15, -0.1) is 0 Å². The van der Waals surface area contributed by atoms with E-state index >= 15 is 0 Å². The van der Waals surface area contributed by atoms with Gasteiger partial charge in [0.2, 0.25) is 5.91 Å². The molecule has 0 N–H and O–H groups in total. The fraction of sp³-hybridized carbons (Fsp3) is 0.357. The van der Waals surface area contributed by atoms with Crippen molar-refractivity contribution in [3.63, 3.8) is 0 Å². The molecular weight excluding hydrogens is 263 g/mol. The number of esters is 1. The standard InChI is InChI=1S/C14H13FN2O3/c1-17-7-11(5-13(17)18)14(19)20-8-10-3-2-9(6-16)4-12(10)15/h2-4,11H,5,7-8H2,1H3/t11-/m1/s1. The van der Waals surface area contributed by atoms with Gasteiger partial charge in [0.05, 0.1) is 17.6 Å². The highest BCUT2D eigenvalue weighted by molar-refractivity contribution is 5.86. The van der Waals surface area contributed by atoms with Gasteiger partial charge in [-0.1, -0.05) is 6.07 Å². The second-order valence-electron chi connectivity index (χ2n) is 4.70. The predicted molar refractivity (Wildman–Crippen MR) is 66.7 cm³/mol. The molecule has 6 heteroatoms. The van der Waals surface area contributed by atoms with Gasteiger partial charge >= 0.3 is 5.97 Å². The van der Waals surface area contributed by atoms with Gasteiger partial charge in [-0.05, 0) is 12.1 Å². The number of nitriles is 1. The summed E-state index contributed by atoms with van der Waals surface area (Å²) in [7, 11) is 1.62. The van der Waals surface area contributed by atoms with Gasteiger partial charge in [0.15, 0.2) is 0 Å². The summed E-state index contributed by atoms with van der Waals surface area (Å²) in [6.07, 6.45) is 0.130. The molecule has 104 valence electrons. The number of hydrogen-bond acceptors (Lipinski definition) is 4. The number of likely N-dealkylation sites (tertiary alicyclic amines) is 1. The third kappa shape index (κ3) is 2.94. The Morgan fingerprint density at radius 3 is 2.90 bits per heavy atom. The Bertz CT molecular complexity index is 595. The van der Waals surface area contributed by atoms with Crippen LogP contribution in [-0.2, 0) is 20.9 Å². The molecule has 5 nitrogen and oxygen atoms in total. The minimum atomic E-state index is -0.587. The highest BCUT2D eigenvalue weighted by Gasteiger charge is 2.33. The van der Waals surface area contributed by atoms with Crippen LogP contribution in [0, 0.1) is 23.1 Å². The molecule has 1 saturated heterocycles. The molecule has 1 atom stereocenters. The summed E-state index contributed by atoms with van der Waals surface area (Å²) in [6.45, 7) is 0.123. The molecule has 2 rings (SSSR count). The Kier molecular flexibility index (Phi) is 3.99. The van der Waals surface area contributed by atoms with Crippen LogP contribution in [0.15, 0.2) is 18.2 Å². The van der Waals surface area contributed by atoms with Crippen LogP contribution in [0.1, 0.15) is 17.5 Å². The SMILES string of the molecule is CN1C[C@H](C(=O)OCc2ccc(C#N)cc2F)CC1=O. The van der Waals surface area contributed by atoms with E-state index in [2.05, 4.69) is 0 Å². The van der Waals surface area contributed by atoms with Crippen molar-refractivity contribution in [3.05, 3.63) is 35.1 Å². The number of hydrogen-bond donors (Lipinski definition) is 0. The van der Waals surface area contributed by atoms with Crippen molar-refractivity contribution < 1.29 is 18.7 Å². The largest absolute Gasteiger partial charge is 0.460 e. The second-order valence-corrected chi connectivity index (χ2v) is 4.70. The molecule has 20 heavy (non-hydrogen) atoms. The molecule has 0 aromatic heterocycles. The number of rotatable bonds is 3. The van der Waals surface area contributed by atoms with Crippen LogP contribution in [0.5, 0.6) is 0 Å². The quantitative estimate of drug-likeness (QED) is 0.778. The van der Waals surface area contributed by atoms with E-state index < -0.39 is 17.7 Å². The zero-order chi connectivity index (χ0) is 14.7. The maximum Gasteiger partial charge on any atom is 0.311 e. The van der Waals surface area contributed by atoms with Crippen molar-refractivity contribution in [1.29, 1.82) is 5.26 Å². The van der Waals surface area contributed by atoms with Crippen molar-refractivity contribution in [2.24, 2.45) is 5.92 Å². The van der Waals surface area contributed by atoms with Crippen LogP contribution in [0.25, 0.3) is 0 Å². The summed E-state index contributed by atoms with van der Waals surface area (Å²) in [4.78, 5) is 24.6. The average Bonchev–Trinajstić information content (AvgIpc) is 2.77. The van der Waals surface area contributed by atoms with Crippen LogP contribution in [0.2, 0.25) is 0 Å². The number of carbonyl (C=O) groups is 2. The Morgan fingerprint density at radius 2 is 2.35 bits per heavy atom. The first kappa shape index (κ1) is 14.0. The van der Waals surface area contributed by atoms with E-state index in [1.807, 2.05) is 6.07 Å². The van der Waals surface area contributed by atoms with Gasteiger partial charge in [0.25, 0.3) is 0 Å². The van der Waals surface area contributed by atoms with Crippen molar-refractivity contribution in [2.45, 2.75) is 13.0 Å². The normalized spacial score (nSPS) is 17.9. The zero-order valence-corrected chi connectivity index (χ0v) is 10.9. The highest BCUT2D eigenvalue weighted by Crippen LogP contribution is 2.19. The van der Waals surface area contributed by atoms with Crippen LogP contribution >= 0.6 is 0 Å². The van der Waals surface area contributed by atoms with Gasteiger partial charge in [-0.2, -0.15) is 5.26 Å². The summed E-state index contributed by atoms with van der Waals surface area (Å²) in [5, 5.41) is 8.63. The van der Waals surface area contributed by atoms with Crippen LogP contribution < -0.4 is 0 Å². The molecule has 1 fully saturated rings. The Hall–Kier alpha value is -2.42. The molecule has 0 bridgehead atoms. The van der Waals surface area contributed by atoms with Crippen molar-refractivity contribution in [1.82, 2.24) is 4.90 Å². The molecule has 0 aliphatic carbocycles. The molecule has 1 aliphatic rings. The molecule has 0 unspecified atom stereocenters. The number of benzene rings is 1. The Labute approximate surface area is 115 Å². The van der Waals surface area contributed by atoms with Crippen molar-refractivity contribution in [2.75, 3.05) is 13.6 Å². The number of halogens is 1. The van der Waals surface area contributed by atoms with Crippen LogP contribution in [-0.4, -0.2) is 30.4 Å². The highest BCUT2D eigenvalue weighted by atomic mass is 19.1. The molecule has 1 aromatic carbocycles. The lowest BCUT2D eigenvalue weighted by Crippen LogP contribution is -2.22. The van der Waals surface area contributed by atoms with Crippen molar-refractivity contribution >= 4 is 11.9 Å². The number of carbonyl (C=O) groups excluding carboxylic acids is 2. The van der Waals surface area contributed by atoms with Crippen LogP contribution in [0.4, 0.5) is 4.39 Å². The third-order valence-electron chi connectivity index (χ3n) is 3.23. The van der Waals surface area contributed by atoms with Gasteiger partial charge in [-0.3, -0.25) is 9.59 Å². The smallest absolute Gasteiger partial charge is 0.311 e. The predicted octanol–water partition coefficient (Wildman–Crippen LogP) is 1.22. The molecule has 1 amide bonds. The Balaban J connectivity index is 1.94. The van der Waals surface area contributed by atoms with E-state index in [0.29, 0.717) is 6.54 Å². The molecule has 1 aliphatic heterocycles. The summed E-state index contributed by atoms with van der Waals surface area (Å²) < 4.78 is 18.6. The summed E-state index contributed by atoms with van der Waals surface area (Å²) in [6, 6.07) is 5.78. The fourth-order valence-electron chi connectivity index (χ4n) is 2.02. The first-order valence-corrected chi connectivity index (χ1v) is 6.10. The van der Waals surface area contributed by atoms with E-state index in [4.69, 9.17) is 10.00 Å². The summed E-state index contributed by atoms with van der Waals surface area (Å²) in [5.41, 5.74) is 0.413. The minimum Gasteiger partial charge on any atom is -0.460 e. The number of ether oxygens (including phenoxy) is 1. The van der Waals surface area contributed by atoms with Crippen LogP contribution in [0.3, 0.4) is 0 Å². The summed E-state index contributed by atoms with van der Waals surface area (Å²) >= 11 is 0. The van der Waals surface area contributed by atoms with E-state index in [1.165, 1.54) is 17.0 Å². The monoisotopic (exact) mass is 276 g/mol. The second kappa shape index (κ2) is 5.70. The van der Waals surface area contributed by atoms with E-state index in [-0.39, 0.29) is 30.1 Å². The molecular formula is C14H13FN2O3. The summed E-state index contributed by atoms with van der Waals surface area (Å²) in [5.74, 6) is -1.69. The number of nitrogens with zero attached hydrogens (tertiary/aromatic N) is 2. The minimum absolute atomic E-state index is 0.100. The van der Waals surface area contributed by atoms with E-state index in [1.54, 1.807) is 7.05 Å². The average molecular weight is 276 g/mol. The molecule has 1 aromatic rings. The van der Waals surface area contributed by atoms with Crippen molar-refractivity contribution in [3.8, 4) is 6.07 Å². The van der Waals surface area contributed by atoms with Gasteiger partial charge in [0, 0.05) is 25.6 Å². The van der Waals surface area contributed by atoms with E-state index in [0.717, 1.165) is 6.07 Å². The first-order valence-electron chi connectivity index (χ1n) is 6.10. The lowest BCUT2D eigenvalue weighted by Gasteiger charge is -2.10. The lowest BCUT2D eigenvalue weighted by molar-refractivity contribution is -0.149. The molecule has 0 radical (unpaired) electrons. The molecule has 0 saturated carbocycles. The maximum atomic E-state index is 13.6. The lowest BCUT2D eigenvalue weighted by atomic mass is 10.1. The molecule has 0 spiro atoms. The van der Waals surface area contributed by atoms with Gasteiger partial charge in [-0.25, -0.2) is 4.39 Å². The molecule has 1 heterocycles. The van der Waals surface area contributed by atoms with E-state index in [9.17, 15) is 14.0 Å². The first-order chi connectivity index (χ1) is 9.51. The maximum absolute atomic E-state index is 13.6. The fourth-order valence-corrected chi connectivity index (χ4v) is 2.02. The topological polar surface area (TPSA) is 70.4 Å².